The monoisotopic (exact) mass is 415 g/mol. The summed E-state index contributed by atoms with van der Waals surface area (Å²) in [6.45, 7) is 0. The van der Waals surface area contributed by atoms with Crippen molar-refractivity contribution < 1.29 is 19.1 Å². The summed E-state index contributed by atoms with van der Waals surface area (Å²) < 4.78 is 10.9. The van der Waals surface area contributed by atoms with Crippen LogP contribution in [0.1, 0.15) is 15.9 Å². The van der Waals surface area contributed by atoms with E-state index in [1.165, 1.54) is 12.0 Å². The van der Waals surface area contributed by atoms with Crippen LogP contribution in [0.15, 0.2) is 66.7 Å². The maximum Gasteiger partial charge on any atom is 0.278 e. The Morgan fingerprint density at radius 2 is 1.61 bits per heavy atom. The van der Waals surface area contributed by atoms with Crippen LogP contribution in [0.5, 0.6) is 11.5 Å². The maximum atomic E-state index is 13.9. The molecule has 0 saturated carbocycles. The van der Waals surface area contributed by atoms with Gasteiger partial charge in [-0.3, -0.25) is 14.5 Å². The number of anilines is 3. The Kier molecular flexibility index (Phi) is 4.15. The van der Waals surface area contributed by atoms with Crippen LogP contribution in [0.2, 0.25) is 0 Å². The second-order valence-corrected chi connectivity index (χ2v) is 7.44. The Labute approximate surface area is 179 Å². The Bertz CT molecular complexity index is 1220. The van der Waals surface area contributed by atoms with E-state index < -0.39 is 5.66 Å². The first kappa shape index (κ1) is 19.0. The molecule has 1 unspecified atom stereocenters. The van der Waals surface area contributed by atoms with Crippen molar-refractivity contribution in [1.29, 1.82) is 0 Å². The van der Waals surface area contributed by atoms with Crippen molar-refractivity contribution in [2.75, 3.05) is 36.4 Å². The van der Waals surface area contributed by atoms with Crippen LogP contribution in [-0.4, -0.2) is 33.1 Å². The highest BCUT2D eigenvalue weighted by Gasteiger charge is 2.59. The van der Waals surface area contributed by atoms with Crippen LogP contribution in [0, 0.1) is 0 Å². The average Bonchev–Trinajstić information content (AvgIpc) is 3.02. The van der Waals surface area contributed by atoms with Gasteiger partial charge in [0.15, 0.2) is 0 Å². The molecule has 7 heteroatoms. The fourth-order valence-electron chi connectivity index (χ4n) is 4.44. The average molecular weight is 415 g/mol. The predicted molar refractivity (Wildman–Crippen MR) is 118 cm³/mol. The summed E-state index contributed by atoms with van der Waals surface area (Å²) in [6.07, 6.45) is 0. The fraction of sp³-hybridized carbons (Fsp3) is 0.167. The minimum Gasteiger partial charge on any atom is -0.497 e. The molecule has 0 fully saturated rings. The summed E-state index contributed by atoms with van der Waals surface area (Å²) >= 11 is 0. The number of hydrogen-bond acceptors (Lipinski definition) is 5. The second-order valence-electron chi connectivity index (χ2n) is 7.44. The van der Waals surface area contributed by atoms with Gasteiger partial charge in [-0.05, 0) is 30.3 Å². The third kappa shape index (κ3) is 2.46. The summed E-state index contributed by atoms with van der Waals surface area (Å²) in [4.78, 5) is 30.8. The molecule has 1 spiro atoms. The van der Waals surface area contributed by atoms with Gasteiger partial charge in [-0.15, -0.1) is 0 Å². The predicted octanol–water partition coefficient (Wildman–Crippen LogP) is 3.61. The molecule has 1 atom stereocenters. The third-order valence-electron chi connectivity index (χ3n) is 5.91. The van der Waals surface area contributed by atoms with Gasteiger partial charge in [-0.2, -0.15) is 0 Å². The highest BCUT2D eigenvalue weighted by Crippen LogP contribution is 2.51. The van der Waals surface area contributed by atoms with Crippen molar-refractivity contribution in [2.45, 2.75) is 5.66 Å². The zero-order valence-corrected chi connectivity index (χ0v) is 17.4. The molecule has 1 N–H and O–H groups in total. The summed E-state index contributed by atoms with van der Waals surface area (Å²) in [5.74, 6) is 0.460. The molecule has 2 aliphatic rings. The van der Waals surface area contributed by atoms with E-state index in [9.17, 15) is 9.59 Å². The van der Waals surface area contributed by atoms with Crippen molar-refractivity contribution in [3.63, 3.8) is 0 Å². The van der Waals surface area contributed by atoms with Gasteiger partial charge in [-0.1, -0.05) is 30.3 Å². The minimum absolute atomic E-state index is 0.255. The largest absolute Gasteiger partial charge is 0.497 e. The van der Waals surface area contributed by atoms with E-state index >= 15 is 0 Å². The molecular formula is C24H21N3O4. The Morgan fingerprint density at radius 1 is 0.871 bits per heavy atom. The van der Waals surface area contributed by atoms with E-state index in [0.717, 1.165) is 5.69 Å². The molecule has 2 heterocycles. The maximum absolute atomic E-state index is 13.9. The first-order chi connectivity index (χ1) is 15.0. The summed E-state index contributed by atoms with van der Waals surface area (Å²) in [7, 11) is 4.80. The molecule has 2 aliphatic heterocycles. The zero-order chi connectivity index (χ0) is 21.8. The molecule has 0 saturated heterocycles. The molecular weight excluding hydrogens is 394 g/mol. The number of para-hydroxylation sites is 2. The van der Waals surface area contributed by atoms with E-state index in [4.69, 9.17) is 9.47 Å². The van der Waals surface area contributed by atoms with Gasteiger partial charge in [0.2, 0.25) is 5.66 Å². The summed E-state index contributed by atoms with van der Waals surface area (Å²) in [5.41, 5.74) is 1.54. The lowest BCUT2D eigenvalue weighted by Gasteiger charge is -2.45. The van der Waals surface area contributed by atoms with Gasteiger partial charge < -0.3 is 19.7 Å². The zero-order valence-electron chi connectivity index (χ0n) is 17.4. The normalized spacial score (nSPS) is 19.2. The van der Waals surface area contributed by atoms with Gasteiger partial charge in [-0.25, -0.2) is 0 Å². The number of hydrogen-bond donors (Lipinski definition) is 1. The lowest BCUT2D eigenvalue weighted by atomic mass is 9.92. The van der Waals surface area contributed by atoms with E-state index in [0.29, 0.717) is 34.0 Å². The number of fused-ring (bicyclic) bond motifs is 3. The fourth-order valence-corrected chi connectivity index (χ4v) is 4.44. The number of ether oxygens (including phenoxy) is 2. The number of benzene rings is 3. The highest BCUT2D eigenvalue weighted by molar-refractivity contribution is 6.22. The van der Waals surface area contributed by atoms with Crippen LogP contribution in [-0.2, 0) is 10.5 Å². The summed E-state index contributed by atoms with van der Waals surface area (Å²) in [6, 6.07) is 19.9. The quantitative estimate of drug-likeness (QED) is 0.708. The lowest BCUT2D eigenvalue weighted by molar-refractivity contribution is -0.121. The Hall–Kier alpha value is -4.00. The molecule has 0 radical (unpaired) electrons. The topological polar surface area (TPSA) is 71.1 Å². The van der Waals surface area contributed by atoms with E-state index in [-0.39, 0.29) is 11.8 Å². The molecule has 2 amide bonds. The SMILES string of the molecule is COc1ccc(N2C(=O)c3ccccc3NC23C(=O)N(C)c2ccccc23)c(OC)c1. The summed E-state index contributed by atoms with van der Waals surface area (Å²) in [5, 5.41) is 3.39. The Balaban J connectivity index is 1.84. The smallest absolute Gasteiger partial charge is 0.278 e. The molecule has 31 heavy (non-hydrogen) atoms. The van der Waals surface area contributed by atoms with E-state index in [2.05, 4.69) is 5.32 Å². The van der Waals surface area contributed by atoms with Crippen LogP contribution < -0.4 is 24.6 Å². The minimum atomic E-state index is -1.45. The number of nitrogens with zero attached hydrogens (tertiary/aromatic N) is 2. The molecule has 7 nitrogen and oxygen atoms in total. The van der Waals surface area contributed by atoms with Crippen molar-refractivity contribution in [2.24, 2.45) is 0 Å². The van der Waals surface area contributed by atoms with Crippen LogP contribution in [0.25, 0.3) is 0 Å². The van der Waals surface area contributed by atoms with Crippen molar-refractivity contribution in [1.82, 2.24) is 0 Å². The second kappa shape index (κ2) is 6.77. The lowest BCUT2D eigenvalue weighted by Crippen LogP contribution is -2.62. The Morgan fingerprint density at radius 3 is 2.39 bits per heavy atom. The van der Waals surface area contributed by atoms with Crippen molar-refractivity contribution >= 4 is 28.9 Å². The molecule has 0 aromatic heterocycles. The van der Waals surface area contributed by atoms with Gasteiger partial charge in [0.25, 0.3) is 11.8 Å². The van der Waals surface area contributed by atoms with Crippen molar-refractivity contribution in [3.05, 3.63) is 77.9 Å². The number of carbonyl (C=O) groups excluding carboxylic acids is 2. The molecule has 3 aromatic carbocycles. The first-order valence-electron chi connectivity index (χ1n) is 9.84. The number of likely N-dealkylation sites (N-methyl/N-ethyl adjacent to an activating group) is 1. The highest BCUT2D eigenvalue weighted by atomic mass is 16.5. The number of carbonyl (C=O) groups is 2. The number of methoxy groups -OCH3 is 2. The van der Waals surface area contributed by atoms with Crippen LogP contribution in [0.3, 0.4) is 0 Å². The number of nitrogens with one attached hydrogen (secondary N) is 1. The van der Waals surface area contributed by atoms with E-state index in [1.807, 2.05) is 36.4 Å². The van der Waals surface area contributed by atoms with Crippen LogP contribution >= 0.6 is 0 Å². The first-order valence-corrected chi connectivity index (χ1v) is 9.84. The van der Waals surface area contributed by atoms with E-state index in [1.54, 1.807) is 49.4 Å². The molecule has 5 rings (SSSR count). The third-order valence-corrected chi connectivity index (χ3v) is 5.91. The van der Waals surface area contributed by atoms with Crippen molar-refractivity contribution in [3.8, 4) is 11.5 Å². The number of amides is 2. The van der Waals surface area contributed by atoms with Gasteiger partial charge >= 0.3 is 0 Å². The molecule has 156 valence electrons. The molecule has 3 aromatic rings. The number of rotatable bonds is 3. The molecule has 0 bridgehead atoms. The van der Waals surface area contributed by atoms with Gasteiger partial charge in [0, 0.05) is 24.4 Å². The standard InChI is InChI=1S/C24H21N3O4/c1-26-19-11-7-5-9-17(19)24(23(26)29)25-18-10-6-4-8-16(18)22(28)27(24)20-13-12-15(30-2)14-21(20)31-3/h4-14,25H,1-3H3. The van der Waals surface area contributed by atoms with Gasteiger partial charge in [0.05, 0.1) is 31.2 Å². The molecule has 0 aliphatic carbocycles. The van der Waals surface area contributed by atoms with Crippen LogP contribution in [0.4, 0.5) is 17.1 Å². The van der Waals surface area contributed by atoms with Gasteiger partial charge in [0.1, 0.15) is 11.5 Å².